The fourth-order valence-corrected chi connectivity index (χ4v) is 1.81. The third-order valence-corrected chi connectivity index (χ3v) is 2.78. The average molecular weight is 319 g/mol. The molecule has 0 saturated heterocycles. The maximum atomic E-state index is 12.0. The number of nitrogens with zero attached hydrogens (tertiary/aromatic N) is 1. The lowest BCUT2D eigenvalue weighted by Crippen LogP contribution is -2.32. The van der Waals surface area contributed by atoms with Crippen LogP contribution in [-0.2, 0) is 9.53 Å². The summed E-state index contributed by atoms with van der Waals surface area (Å²) in [5.74, 6) is -2.53. The van der Waals surface area contributed by atoms with Crippen LogP contribution in [0.25, 0.3) is 0 Å². The highest BCUT2D eigenvalue weighted by Crippen LogP contribution is 2.16. The zero-order valence-electron chi connectivity index (χ0n) is 12.5. The summed E-state index contributed by atoms with van der Waals surface area (Å²) in [6.45, 7) is 5.31. The molecule has 1 aromatic carbocycles. The molecule has 0 aromatic heterocycles. The van der Waals surface area contributed by atoms with Crippen molar-refractivity contribution in [2.45, 2.75) is 26.4 Å². The van der Waals surface area contributed by atoms with Gasteiger partial charge in [-0.3, -0.25) is 4.79 Å². The van der Waals surface area contributed by atoms with Gasteiger partial charge < -0.3 is 15.8 Å². The number of nitrogens with two attached hydrogens (primary N) is 1. The number of carbonyl (C=O) groups excluding carboxylic acids is 2. The number of benzene rings is 1. The van der Waals surface area contributed by atoms with Crippen LogP contribution < -0.4 is 11.1 Å². The molecule has 0 saturated carbocycles. The molecule has 1 rings (SSSR count). The van der Waals surface area contributed by atoms with E-state index in [9.17, 15) is 9.59 Å². The number of carbonyl (C=O) groups is 2. The van der Waals surface area contributed by atoms with Crippen LogP contribution in [-0.4, -0.2) is 22.5 Å². The molecule has 3 N–H and O–H groups in total. The molecule has 7 heteroatoms. The van der Waals surface area contributed by atoms with Gasteiger partial charge in [-0.05, 0) is 39.0 Å². The van der Waals surface area contributed by atoms with Gasteiger partial charge in [0.2, 0.25) is 5.91 Å². The van der Waals surface area contributed by atoms with E-state index in [2.05, 4.69) is 5.32 Å². The van der Waals surface area contributed by atoms with E-state index in [0.717, 1.165) is 0 Å². The first-order chi connectivity index (χ1) is 10.1. The van der Waals surface area contributed by atoms with E-state index in [0.29, 0.717) is 11.3 Å². The Morgan fingerprint density at radius 3 is 2.55 bits per heavy atom. The Hall–Kier alpha value is -2.46. The second-order valence-electron chi connectivity index (χ2n) is 5.54. The molecular weight excluding hydrogens is 302 g/mol. The Kier molecular flexibility index (Phi) is 5.60. The van der Waals surface area contributed by atoms with Crippen molar-refractivity contribution in [3.8, 4) is 6.07 Å². The van der Waals surface area contributed by atoms with Gasteiger partial charge in [-0.15, -0.1) is 0 Å². The fraction of sp³-hybridized carbons (Fsp3) is 0.333. The van der Waals surface area contributed by atoms with E-state index >= 15 is 0 Å². The van der Waals surface area contributed by atoms with Gasteiger partial charge in [-0.2, -0.15) is 5.26 Å². The summed E-state index contributed by atoms with van der Waals surface area (Å²) in [5.41, 5.74) is 5.28. The SMILES string of the molecule is CC(C)(C)OC(=O)c1cccc(NC(=S)C(C#N)C(N)=O)c1. The molecule has 22 heavy (non-hydrogen) atoms. The fourth-order valence-electron chi connectivity index (χ4n) is 1.53. The van der Waals surface area contributed by atoms with Crippen molar-refractivity contribution < 1.29 is 14.3 Å². The molecule has 0 aliphatic heterocycles. The summed E-state index contributed by atoms with van der Waals surface area (Å²) >= 11 is 4.98. The zero-order chi connectivity index (χ0) is 16.9. The van der Waals surface area contributed by atoms with Crippen LogP contribution in [0.4, 0.5) is 5.69 Å². The van der Waals surface area contributed by atoms with Crippen LogP contribution >= 0.6 is 12.2 Å². The first kappa shape index (κ1) is 17.6. The normalized spacial score (nSPS) is 11.9. The lowest BCUT2D eigenvalue weighted by Gasteiger charge is -2.19. The summed E-state index contributed by atoms with van der Waals surface area (Å²) in [6, 6.07) is 8.12. The molecule has 6 nitrogen and oxygen atoms in total. The monoisotopic (exact) mass is 319 g/mol. The lowest BCUT2D eigenvalue weighted by molar-refractivity contribution is -0.118. The number of ether oxygens (including phenoxy) is 1. The average Bonchev–Trinajstić information content (AvgIpc) is 2.37. The first-order valence-electron chi connectivity index (χ1n) is 6.47. The molecule has 116 valence electrons. The molecular formula is C15H17N3O3S. The maximum absolute atomic E-state index is 12.0. The quantitative estimate of drug-likeness (QED) is 0.649. The van der Waals surface area contributed by atoms with Crippen LogP contribution in [0, 0.1) is 17.2 Å². The van der Waals surface area contributed by atoms with E-state index < -0.39 is 23.4 Å². The number of rotatable bonds is 4. The minimum atomic E-state index is -1.22. The lowest BCUT2D eigenvalue weighted by atomic mass is 10.1. The molecule has 0 spiro atoms. The Balaban J connectivity index is 2.89. The summed E-state index contributed by atoms with van der Waals surface area (Å²) in [7, 11) is 0. The topological polar surface area (TPSA) is 105 Å². The summed E-state index contributed by atoms with van der Waals surface area (Å²) in [4.78, 5) is 23.1. The maximum Gasteiger partial charge on any atom is 0.338 e. The Morgan fingerprint density at radius 1 is 1.41 bits per heavy atom. The van der Waals surface area contributed by atoms with Gasteiger partial charge in [0.1, 0.15) is 10.6 Å². The molecule has 1 atom stereocenters. The van der Waals surface area contributed by atoms with E-state index in [-0.39, 0.29) is 4.99 Å². The van der Waals surface area contributed by atoms with E-state index in [4.69, 9.17) is 28.0 Å². The molecule has 0 heterocycles. The molecule has 0 aliphatic carbocycles. The van der Waals surface area contributed by atoms with Crippen molar-refractivity contribution in [2.75, 3.05) is 5.32 Å². The van der Waals surface area contributed by atoms with Crippen molar-refractivity contribution in [1.29, 1.82) is 5.26 Å². The van der Waals surface area contributed by atoms with Gasteiger partial charge in [0.15, 0.2) is 5.92 Å². The highest BCUT2D eigenvalue weighted by atomic mass is 32.1. The molecule has 0 fully saturated rings. The summed E-state index contributed by atoms with van der Waals surface area (Å²) in [6.07, 6.45) is 0. The smallest absolute Gasteiger partial charge is 0.338 e. The Labute approximate surface area is 134 Å². The van der Waals surface area contributed by atoms with E-state index in [1.54, 1.807) is 45.0 Å². The van der Waals surface area contributed by atoms with Crippen LogP contribution in [0.5, 0.6) is 0 Å². The van der Waals surface area contributed by atoms with Gasteiger partial charge in [-0.25, -0.2) is 4.79 Å². The minimum Gasteiger partial charge on any atom is -0.456 e. The Bertz CT molecular complexity index is 644. The number of hydrogen-bond donors (Lipinski definition) is 2. The van der Waals surface area contributed by atoms with E-state index in [1.165, 1.54) is 6.07 Å². The van der Waals surface area contributed by atoms with Gasteiger partial charge >= 0.3 is 5.97 Å². The standard InChI is InChI=1S/C15H17N3O3S/c1-15(2,3)21-14(20)9-5-4-6-10(7-9)18-13(22)11(8-16)12(17)19/h4-7,11H,1-3H3,(H2,17,19)(H,18,22). The van der Waals surface area contributed by atoms with Crippen LogP contribution in [0.1, 0.15) is 31.1 Å². The summed E-state index contributed by atoms with van der Waals surface area (Å²) < 4.78 is 5.26. The number of thiocarbonyl (C=S) groups is 1. The predicted octanol–water partition coefficient (Wildman–Crippen LogP) is 2.01. The summed E-state index contributed by atoms with van der Waals surface area (Å²) in [5, 5.41) is 11.6. The highest BCUT2D eigenvalue weighted by Gasteiger charge is 2.21. The van der Waals surface area contributed by atoms with Crippen molar-refractivity contribution in [3.63, 3.8) is 0 Å². The number of nitriles is 1. The minimum absolute atomic E-state index is 0.0173. The van der Waals surface area contributed by atoms with Crippen LogP contribution in [0.3, 0.4) is 0 Å². The second-order valence-corrected chi connectivity index (χ2v) is 5.98. The van der Waals surface area contributed by atoms with Crippen molar-refractivity contribution in [3.05, 3.63) is 29.8 Å². The van der Waals surface area contributed by atoms with Crippen LogP contribution in [0.15, 0.2) is 24.3 Å². The third-order valence-electron chi connectivity index (χ3n) is 2.44. The van der Waals surface area contributed by atoms with Crippen LogP contribution in [0.2, 0.25) is 0 Å². The number of esters is 1. The highest BCUT2D eigenvalue weighted by molar-refractivity contribution is 7.80. The molecule has 0 bridgehead atoms. The number of hydrogen-bond acceptors (Lipinski definition) is 5. The van der Waals surface area contributed by atoms with Gasteiger partial charge in [0.25, 0.3) is 0 Å². The van der Waals surface area contributed by atoms with Gasteiger partial charge in [0, 0.05) is 5.69 Å². The predicted molar refractivity (Wildman–Crippen MR) is 86.1 cm³/mol. The molecule has 0 aliphatic rings. The number of primary amides is 1. The first-order valence-corrected chi connectivity index (χ1v) is 6.88. The zero-order valence-corrected chi connectivity index (χ0v) is 13.4. The van der Waals surface area contributed by atoms with E-state index in [1.807, 2.05) is 0 Å². The molecule has 1 aromatic rings. The number of nitrogens with one attached hydrogen (secondary N) is 1. The second kappa shape index (κ2) is 7.00. The van der Waals surface area contributed by atoms with Crippen molar-refractivity contribution in [1.82, 2.24) is 0 Å². The molecule has 0 radical (unpaired) electrons. The Morgan fingerprint density at radius 2 is 2.05 bits per heavy atom. The molecule has 1 unspecified atom stereocenters. The van der Waals surface area contributed by atoms with Gasteiger partial charge in [0.05, 0.1) is 11.6 Å². The van der Waals surface area contributed by atoms with Crippen molar-refractivity contribution >= 4 is 34.8 Å². The number of amides is 1. The number of anilines is 1. The van der Waals surface area contributed by atoms with Crippen molar-refractivity contribution in [2.24, 2.45) is 11.7 Å². The largest absolute Gasteiger partial charge is 0.456 e. The third kappa shape index (κ3) is 5.14. The molecule has 1 amide bonds. The van der Waals surface area contributed by atoms with Gasteiger partial charge in [-0.1, -0.05) is 18.3 Å².